The van der Waals surface area contributed by atoms with Crippen LogP contribution in [0.25, 0.3) is 0 Å². The fraction of sp³-hybridized carbons (Fsp3) is 0.200. The van der Waals surface area contributed by atoms with Gasteiger partial charge in [0.25, 0.3) is 0 Å². The molecule has 0 radical (unpaired) electrons. The van der Waals surface area contributed by atoms with Crippen LogP contribution in [0.2, 0.25) is 5.02 Å². The average Bonchev–Trinajstić information content (AvgIpc) is 2.52. The van der Waals surface area contributed by atoms with Crippen molar-refractivity contribution in [2.75, 3.05) is 12.4 Å². The molecule has 1 atom stereocenters. The third-order valence-electron chi connectivity index (χ3n) is 2.56. The number of para-hydroxylation sites is 1. The highest BCUT2D eigenvalue weighted by molar-refractivity contribution is 7.99. The molecule has 1 N–H and O–H groups in total. The molecule has 2 rings (SSSR count). The molecule has 108 valence electrons. The van der Waals surface area contributed by atoms with Gasteiger partial charge in [-0.15, -0.1) is 11.8 Å². The Kier molecular flexibility index (Phi) is 5.88. The molecule has 0 amide bonds. The summed E-state index contributed by atoms with van der Waals surface area (Å²) in [7, 11) is 0. The van der Waals surface area contributed by atoms with E-state index >= 15 is 0 Å². The second kappa shape index (κ2) is 7.89. The molecule has 1 aromatic heterocycles. The Balaban J connectivity index is 1.81. The largest absolute Gasteiger partial charge is 0.489 e. The van der Waals surface area contributed by atoms with E-state index in [1.165, 1.54) is 11.8 Å². The van der Waals surface area contributed by atoms with Crippen LogP contribution in [0, 0.1) is 11.3 Å². The molecular weight excluding hydrogens is 308 g/mol. The first-order valence-electron chi connectivity index (χ1n) is 6.23. The van der Waals surface area contributed by atoms with Crippen molar-refractivity contribution in [3.8, 4) is 11.8 Å². The molecular formula is C15H13ClN2O2S. The smallest absolute Gasteiger partial charge is 0.138 e. The highest BCUT2D eigenvalue weighted by Crippen LogP contribution is 2.23. The first-order valence-corrected chi connectivity index (χ1v) is 7.59. The standard InChI is InChI=1S/C15H13ClN2O2S/c16-13-3-1-2-4-14(13)20-9-12(19)10-21-15-7-11(8-17)5-6-18-15/h1-7,12,19H,9-10H2/t12-/m1/s1. The summed E-state index contributed by atoms with van der Waals surface area (Å²) in [6.45, 7) is 0.147. The molecule has 0 aliphatic carbocycles. The summed E-state index contributed by atoms with van der Waals surface area (Å²) in [5, 5.41) is 19.9. The highest BCUT2D eigenvalue weighted by Gasteiger charge is 2.09. The van der Waals surface area contributed by atoms with E-state index in [2.05, 4.69) is 11.1 Å². The van der Waals surface area contributed by atoms with Crippen LogP contribution in [0.5, 0.6) is 5.75 Å². The summed E-state index contributed by atoms with van der Waals surface area (Å²) in [4.78, 5) is 4.13. The summed E-state index contributed by atoms with van der Waals surface area (Å²) in [6, 6.07) is 12.5. The van der Waals surface area contributed by atoms with Gasteiger partial charge in [0.1, 0.15) is 12.4 Å². The second-order valence-corrected chi connectivity index (χ2v) is 5.65. The molecule has 0 bridgehead atoms. The molecule has 4 nitrogen and oxygen atoms in total. The molecule has 0 aliphatic heterocycles. The van der Waals surface area contributed by atoms with E-state index in [1.807, 2.05) is 12.1 Å². The van der Waals surface area contributed by atoms with Gasteiger partial charge in [-0.2, -0.15) is 5.26 Å². The van der Waals surface area contributed by atoms with Gasteiger partial charge < -0.3 is 9.84 Å². The monoisotopic (exact) mass is 320 g/mol. The number of aromatic nitrogens is 1. The van der Waals surface area contributed by atoms with Gasteiger partial charge in [-0.3, -0.25) is 0 Å². The first-order chi connectivity index (χ1) is 10.2. The number of thioether (sulfide) groups is 1. The van der Waals surface area contributed by atoms with Crippen LogP contribution in [-0.4, -0.2) is 28.6 Å². The average molecular weight is 321 g/mol. The zero-order valence-corrected chi connectivity index (χ0v) is 12.6. The fourth-order valence-corrected chi connectivity index (χ4v) is 2.53. The topological polar surface area (TPSA) is 66.1 Å². The number of hydrogen-bond donors (Lipinski definition) is 1. The molecule has 0 saturated carbocycles. The Morgan fingerprint density at radius 2 is 2.19 bits per heavy atom. The minimum Gasteiger partial charge on any atom is -0.489 e. The number of hydrogen-bond acceptors (Lipinski definition) is 5. The Morgan fingerprint density at radius 1 is 1.38 bits per heavy atom. The van der Waals surface area contributed by atoms with Gasteiger partial charge in [0, 0.05) is 11.9 Å². The molecule has 0 unspecified atom stereocenters. The highest BCUT2D eigenvalue weighted by atomic mass is 35.5. The van der Waals surface area contributed by atoms with Crippen LogP contribution in [0.15, 0.2) is 47.6 Å². The molecule has 2 aromatic rings. The molecule has 1 aromatic carbocycles. The summed E-state index contributed by atoms with van der Waals surface area (Å²) in [5.41, 5.74) is 0.550. The Labute approximate surface area is 132 Å². The van der Waals surface area contributed by atoms with Gasteiger partial charge >= 0.3 is 0 Å². The quantitative estimate of drug-likeness (QED) is 0.828. The predicted octanol–water partition coefficient (Wildman–Crippen LogP) is 3.14. The summed E-state index contributed by atoms with van der Waals surface area (Å²) in [5.74, 6) is 0.972. The van der Waals surface area contributed by atoms with E-state index in [1.54, 1.807) is 30.5 Å². The van der Waals surface area contributed by atoms with Gasteiger partial charge in [0.15, 0.2) is 0 Å². The van der Waals surface area contributed by atoms with Gasteiger partial charge in [-0.1, -0.05) is 23.7 Å². The minimum absolute atomic E-state index is 0.147. The number of ether oxygens (including phenoxy) is 1. The minimum atomic E-state index is -0.654. The van der Waals surface area contributed by atoms with E-state index in [9.17, 15) is 5.11 Å². The maximum Gasteiger partial charge on any atom is 0.138 e. The van der Waals surface area contributed by atoms with Crippen molar-refractivity contribution in [1.82, 2.24) is 4.98 Å². The van der Waals surface area contributed by atoms with Crippen molar-refractivity contribution in [1.29, 1.82) is 5.26 Å². The Bertz CT molecular complexity index is 646. The number of aliphatic hydroxyl groups is 1. The van der Waals surface area contributed by atoms with Crippen LogP contribution in [0.1, 0.15) is 5.56 Å². The van der Waals surface area contributed by atoms with Crippen molar-refractivity contribution in [2.45, 2.75) is 11.1 Å². The van der Waals surface area contributed by atoms with Gasteiger partial charge in [-0.05, 0) is 24.3 Å². The van der Waals surface area contributed by atoms with Crippen LogP contribution in [0.4, 0.5) is 0 Å². The van der Waals surface area contributed by atoms with E-state index < -0.39 is 6.10 Å². The zero-order chi connectivity index (χ0) is 15.1. The van der Waals surface area contributed by atoms with Gasteiger partial charge in [0.05, 0.1) is 27.8 Å². The van der Waals surface area contributed by atoms with Crippen LogP contribution < -0.4 is 4.74 Å². The number of halogens is 1. The molecule has 0 aliphatic rings. The molecule has 0 spiro atoms. The summed E-state index contributed by atoms with van der Waals surface area (Å²) in [6.07, 6.45) is 0.923. The van der Waals surface area contributed by atoms with Crippen molar-refractivity contribution < 1.29 is 9.84 Å². The SMILES string of the molecule is N#Cc1ccnc(SC[C@H](O)COc2ccccc2Cl)c1. The van der Waals surface area contributed by atoms with Crippen LogP contribution >= 0.6 is 23.4 Å². The Hall–Kier alpha value is -1.74. The number of nitrogens with zero attached hydrogens (tertiary/aromatic N) is 2. The Morgan fingerprint density at radius 3 is 2.95 bits per heavy atom. The number of nitriles is 1. The third-order valence-corrected chi connectivity index (χ3v) is 3.94. The number of rotatable bonds is 6. The maximum absolute atomic E-state index is 9.91. The first kappa shape index (κ1) is 15.6. The van der Waals surface area contributed by atoms with Gasteiger partial charge in [0.2, 0.25) is 0 Å². The lowest BCUT2D eigenvalue weighted by Crippen LogP contribution is -2.20. The number of benzene rings is 1. The fourth-order valence-electron chi connectivity index (χ4n) is 1.54. The molecule has 6 heteroatoms. The maximum atomic E-state index is 9.91. The lowest BCUT2D eigenvalue weighted by molar-refractivity contribution is 0.126. The van der Waals surface area contributed by atoms with Crippen LogP contribution in [-0.2, 0) is 0 Å². The lowest BCUT2D eigenvalue weighted by Gasteiger charge is -2.12. The second-order valence-electron chi connectivity index (χ2n) is 4.20. The summed E-state index contributed by atoms with van der Waals surface area (Å²) < 4.78 is 5.46. The van der Waals surface area contributed by atoms with E-state index in [4.69, 9.17) is 21.6 Å². The third kappa shape index (κ3) is 4.94. The van der Waals surface area contributed by atoms with Crippen LogP contribution in [0.3, 0.4) is 0 Å². The zero-order valence-electron chi connectivity index (χ0n) is 11.1. The van der Waals surface area contributed by atoms with Crippen molar-refractivity contribution >= 4 is 23.4 Å². The molecule has 0 fully saturated rings. The van der Waals surface area contributed by atoms with Crippen molar-refractivity contribution in [3.63, 3.8) is 0 Å². The number of aliphatic hydroxyl groups excluding tert-OH is 1. The normalized spacial score (nSPS) is 11.7. The van der Waals surface area contributed by atoms with E-state index in [0.717, 1.165) is 0 Å². The van der Waals surface area contributed by atoms with Crippen molar-refractivity contribution in [2.24, 2.45) is 0 Å². The molecule has 0 saturated heterocycles. The lowest BCUT2D eigenvalue weighted by atomic mass is 10.3. The number of pyridine rings is 1. The molecule has 1 heterocycles. The van der Waals surface area contributed by atoms with E-state index in [-0.39, 0.29) is 6.61 Å². The van der Waals surface area contributed by atoms with Crippen molar-refractivity contribution in [3.05, 3.63) is 53.2 Å². The predicted molar refractivity (Wildman–Crippen MR) is 82.6 cm³/mol. The van der Waals surface area contributed by atoms with Gasteiger partial charge in [-0.25, -0.2) is 4.98 Å². The molecule has 21 heavy (non-hydrogen) atoms. The van der Waals surface area contributed by atoms with E-state index in [0.29, 0.717) is 27.1 Å². The summed E-state index contributed by atoms with van der Waals surface area (Å²) >= 11 is 7.33.